The van der Waals surface area contributed by atoms with E-state index in [9.17, 15) is 4.79 Å². The highest BCUT2D eigenvalue weighted by Gasteiger charge is 2.22. The molecule has 1 heterocycles. The molecule has 4 aromatic rings. The van der Waals surface area contributed by atoms with Crippen molar-refractivity contribution < 1.29 is 9.53 Å². The van der Waals surface area contributed by atoms with Crippen LogP contribution in [-0.4, -0.2) is 22.6 Å². The lowest BCUT2D eigenvalue weighted by atomic mass is 9.96. The maximum absolute atomic E-state index is 12.1. The van der Waals surface area contributed by atoms with Crippen LogP contribution in [-0.2, 0) is 9.53 Å². The summed E-state index contributed by atoms with van der Waals surface area (Å²) < 4.78 is 6.97. The van der Waals surface area contributed by atoms with Gasteiger partial charge in [-0.15, -0.1) is 0 Å². The van der Waals surface area contributed by atoms with Crippen molar-refractivity contribution in [3.05, 3.63) is 72.6 Å². The molecular formula is C21H19N3O2. The van der Waals surface area contributed by atoms with Gasteiger partial charge in [-0.05, 0) is 34.5 Å². The lowest BCUT2D eigenvalue weighted by molar-refractivity contribution is -0.141. The van der Waals surface area contributed by atoms with E-state index in [1.807, 2.05) is 41.0 Å². The molecular weight excluding hydrogens is 326 g/mol. The van der Waals surface area contributed by atoms with E-state index in [-0.39, 0.29) is 18.4 Å². The normalized spacial score (nSPS) is 12.3. The van der Waals surface area contributed by atoms with Crippen LogP contribution in [0.5, 0.6) is 0 Å². The highest BCUT2D eigenvalue weighted by Crippen LogP contribution is 2.32. The smallest absolute Gasteiger partial charge is 0.307 e. The Kier molecular flexibility index (Phi) is 4.05. The van der Waals surface area contributed by atoms with Gasteiger partial charge in [0, 0.05) is 5.69 Å². The Morgan fingerprint density at radius 3 is 2.81 bits per heavy atom. The van der Waals surface area contributed by atoms with Crippen molar-refractivity contribution in [1.29, 1.82) is 0 Å². The summed E-state index contributed by atoms with van der Waals surface area (Å²) in [6.07, 6.45) is 1.99. The van der Waals surface area contributed by atoms with Crippen LogP contribution in [0.1, 0.15) is 18.0 Å². The van der Waals surface area contributed by atoms with Crippen LogP contribution < -0.4 is 5.73 Å². The third-order valence-electron chi connectivity index (χ3n) is 4.70. The number of aromatic nitrogens is 2. The Balaban J connectivity index is 1.93. The molecule has 0 aliphatic rings. The van der Waals surface area contributed by atoms with Crippen molar-refractivity contribution >= 4 is 33.5 Å². The number of carbonyl (C=O) groups excluding carboxylic acids is 1. The fraction of sp³-hybridized carbons (Fsp3) is 0.143. The van der Waals surface area contributed by atoms with Gasteiger partial charge in [0.2, 0.25) is 0 Å². The molecule has 5 nitrogen and oxygen atoms in total. The molecule has 0 aliphatic heterocycles. The average Bonchev–Trinajstić information content (AvgIpc) is 3.08. The molecule has 26 heavy (non-hydrogen) atoms. The number of hydrogen-bond acceptors (Lipinski definition) is 4. The minimum Gasteiger partial charge on any atom is -0.469 e. The van der Waals surface area contributed by atoms with E-state index in [0.717, 1.165) is 27.4 Å². The molecule has 0 spiro atoms. The molecule has 0 aliphatic carbocycles. The van der Waals surface area contributed by atoms with Crippen LogP contribution in [0.3, 0.4) is 0 Å². The van der Waals surface area contributed by atoms with Gasteiger partial charge >= 0.3 is 5.97 Å². The Morgan fingerprint density at radius 2 is 1.96 bits per heavy atom. The maximum atomic E-state index is 12.1. The van der Waals surface area contributed by atoms with E-state index < -0.39 is 0 Å². The molecule has 0 saturated heterocycles. The molecule has 130 valence electrons. The summed E-state index contributed by atoms with van der Waals surface area (Å²) in [4.78, 5) is 16.6. The minimum atomic E-state index is -0.264. The van der Waals surface area contributed by atoms with Gasteiger partial charge in [0.25, 0.3) is 0 Å². The summed E-state index contributed by atoms with van der Waals surface area (Å²) in [6.45, 7) is 0. The second-order valence-corrected chi connectivity index (χ2v) is 6.26. The number of hydrogen-bond donors (Lipinski definition) is 1. The topological polar surface area (TPSA) is 70.1 Å². The second kappa shape index (κ2) is 6.52. The van der Waals surface area contributed by atoms with E-state index in [4.69, 9.17) is 10.5 Å². The van der Waals surface area contributed by atoms with Crippen LogP contribution in [0, 0.1) is 0 Å². The quantitative estimate of drug-likeness (QED) is 0.449. The highest BCUT2D eigenvalue weighted by atomic mass is 16.5. The van der Waals surface area contributed by atoms with Crippen molar-refractivity contribution in [2.24, 2.45) is 0 Å². The number of imidazole rings is 1. The van der Waals surface area contributed by atoms with Crippen molar-refractivity contribution in [1.82, 2.24) is 9.55 Å². The molecule has 0 radical (unpaired) electrons. The second-order valence-electron chi connectivity index (χ2n) is 6.26. The fourth-order valence-corrected chi connectivity index (χ4v) is 3.44. The molecule has 2 N–H and O–H groups in total. The van der Waals surface area contributed by atoms with E-state index >= 15 is 0 Å². The summed E-state index contributed by atoms with van der Waals surface area (Å²) in [7, 11) is 1.41. The van der Waals surface area contributed by atoms with Gasteiger partial charge in [-0.3, -0.25) is 4.79 Å². The lowest BCUT2D eigenvalue weighted by Crippen LogP contribution is -2.16. The van der Waals surface area contributed by atoms with Crippen molar-refractivity contribution in [3.8, 4) is 0 Å². The first-order chi connectivity index (χ1) is 12.7. The number of ether oxygens (including phenoxy) is 1. The predicted octanol–water partition coefficient (Wildman–Crippen LogP) is 3.92. The maximum Gasteiger partial charge on any atom is 0.307 e. The van der Waals surface area contributed by atoms with Crippen LogP contribution in [0.4, 0.5) is 5.69 Å². The number of fused-ring (bicyclic) bond motifs is 2. The van der Waals surface area contributed by atoms with Crippen molar-refractivity contribution in [2.45, 2.75) is 12.5 Å². The number of nitrogens with two attached hydrogens (primary N) is 1. The Morgan fingerprint density at radius 1 is 1.15 bits per heavy atom. The zero-order valence-corrected chi connectivity index (χ0v) is 14.4. The van der Waals surface area contributed by atoms with E-state index in [2.05, 4.69) is 29.2 Å². The fourth-order valence-electron chi connectivity index (χ4n) is 3.44. The van der Waals surface area contributed by atoms with E-state index in [0.29, 0.717) is 5.69 Å². The zero-order valence-electron chi connectivity index (χ0n) is 14.4. The lowest BCUT2D eigenvalue weighted by Gasteiger charge is -2.21. The molecule has 1 unspecified atom stereocenters. The third kappa shape index (κ3) is 2.77. The molecule has 1 atom stereocenters. The molecule has 3 aromatic carbocycles. The summed E-state index contributed by atoms with van der Waals surface area (Å²) in [6, 6.07) is 19.7. The summed E-state index contributed by atoms with van der Waals surface area (Å²) in [5.41, 5.74) is 9.33. The molecule has 0 bridgehead atoms. The number of rotatable bonds is 4. The molecule has 4 rings (SSSR count). The molecule has 1 aromatic heterocycles. The first-order valence-corrected chi connectivity index (χ1v) is 8.44. The van der Waals surface area contributed by atoms with Gasteiger partial charge in [0.15, 0.2) is 0 Å². The number of nitrogens with zero attached hydrogens (tertiary/aromatic N) is 2. The van der Waals surface area contributed by atoms with E-state index in [1.165, 1.54) is 7.11 Å². The van der Waals surface area contributed by atoms with Gasteiger partial charge in [-0.2, -0.15) is 0 Å². The molecule has 0 amide bonds. The van der Waals surface area contributed by atoms with Gasteiger partial charge in [0.05, 0.1) is 36.9 Å². The Hall–Kier alpha value is -3.34. The summed E-state index contributed by atoms with van der Waals surface area (Å²) in [5.74, 6) is -0.264. The SMILES string of the molecule is COC(=O)CC(c1cccc2ccccc12)n1cnc2cc(N)ccc21. The zero-order chi connectivity index (χ0) is 18.1. The predicted molar refractivity (Wildman–Crippen MR) is 103 cm³/mol. The van der Waals surface area contributed by atoms with Crippen LogP contribution in [0.25, 0.3) is 21.8 Å². The minimum absolute atomic E-state index is 0.220. The first kappa shape index (κ1) is 16.1. The van der Waals surface area contributed by atoms with Crippen LogP contribution in [0.2, 0.25) is 0 Å². The van der Waals surface area contributed by atoms with Gasteiger partial charge in [0.1, 0.15) is 0 Å². The van der Waals surface area contributed by atoms with Crippen molar-refractivity contribution in [3.63, 3.8) is 0 Å². The van der Waals surface area contributed by atoms with Crippen LogP contribution in [0.15, 0.2) is 67.0 Å². The monoisotopic (exact) mass is 345 g/mol. The summed E-state index contributed by atoms with van der Waals surface area (Å²) >= 11 is 0. The standard InChI is InChI=1S/C21H19N3O2/c1-26-21(25)12-20(17-8-4-6-14-5-2-3-7-16(14)17)24-13-23-18-11-15(22)9-10-19(18)24/h2-11,13,20H,12,22H2,1H3. The highest BCUT2D eigenvalue weighted by molar-refractivity contribution is 5.87. The van der Waals surface area contributed by atoms with Gasteiger partial charge in [-0.25, -0.2) is 4.98 Å². The molecule has 5 heteroatoms. The molecule has 0 fully saturated rings. The molecule has 0 saturated carbocycles. The first-order valence-electron chi connectivity index (χ1n) is 8.44. The number of esters is 1. The number of nitrogen functional groups attached to an aromatic ring is 1. The number of carbonyl (C=O) groups is 1. The van der Waals surface area contributed by atoms with Crippen LogP contribution >= 0.6 is 0 Å². The number of methoxy groups -OCH3 is 1. The van der Waals surface area contributed by atoms with Gasteiger partial charge < -0.3 is 15.0 Å². The van der Waals surface area contributed by atoms with Gasteiger partial charge in [-0.1, -0.05) is 42.5 Å². The van der Waals surface area contributed by atoms with E-state index in [1.54, 1.807) is 6.33 Å². The van der Waals surface area contributed by atoms with Crippen molar-refractivity contribution in [2.75, 3.05) is 12.8 Å². The third-order valence-corrected chi connectivity index (χ3v) is 4.70. The summed E-state index contributed by atoms with van der Waals surface area (Å²) in [5, 5.41) is 2.25. The number of benzene rings is 3. The largest absolute Gasteiger partial charge is 0.469 e. The average molecular weight is 345 g/mol. The Bertz CT molecular complexity index is 1100. The Labute approximate surface area is 151 Å². The number of anilines is 1.